The van der Waals surface area contributed by atoms with E-state index in [-0.39, 0.29) is 21.7 Å². The largest absolute Gasteiger partial charge is 0.497 e. The molecule has 1 amide bonds. The van der Waals surface area contributed by atoms with Crippen LogP contribution in [0.3, 0.4) is 0 Å². The number of rotatable bonds is 7. The summed E-state index contributed by atoms with van der Waals surface area (Å²) in [5.74, 6) is -0.362. The predicted octanol–water partition coefficient (Wildman–Crippen LogP) is 1.45. The lowest BCUT2D eigenvalue weighted by Crippen LogP contribution is -2.77. The summed E-state index contributed by atoms with van der Waals surface area (Å²) in [6.07, 6.45) is 5.84. The highest BCUT2D eigenvalue weighted by Crippen LogP contribution is 2.67. The molecular formula is C21H22N6O4S. The highest BCUT2D eigenvalue weighted by atomic mass is 32.2. The molecule has 3 fully saturated rings. The molecule has 0 atom stereocenters. The van der Waals surface area contributed by atoms with Gasteiger partial charge in [-0.1, -0.05) is 29.1 Å². The number of aromatic hydroxyl groups is 1. The molecular weight excluding hydrogens is 432 g/mol. The number of amides is 1. The summed E-state index contributed by atoms with van der Waals surface area (Å²) in [7, 11) is 1.64. The monoisotopic (exact) mass is 454 g/mol. The van der Waals surface area contributed by atoms with Gasteiger partial charge in [0, 0.05) is 17.2 Å². The van der Waals surface area contributed by atoms with Crippen LogP contribution in [0.15, 0.2) is 40.4 Å². The second kappa shape index (κ2) is 7.37. The Hall–Kier alpha value is -3.34. The number of carbonyl (C=O) groups is 1. The predicted molar refractivity (Wildman–Crippen MR) is 116 cm³/mol. The Labute approximate surface area is 187 Å². The number of nitrogens with zero attached hydrogens (tertiary/aromatic N) is 4. The second-order valence-electron chi connectivity index (χ2n) is 8.47. The van der Waals surface area contributed by atoms with Gasteiger partial charge in [0.05, 0.1) is 19.3 Å². The van der Waals surface area contributed by atoms with E-state index in [1.165, 1.54) is 11.8 Å². The van der Waals surface area contributed by atoms with Gasteiger partial charge in [0.25, 0.3) is 11.5 Å². The van der Waals surface area contributed by atoms with Gasteiger partial charge < -0.3 is 20.1 Å². The van der Waals surface area contributed by atoms with E-state index in [1.807, 2.05) is 30.5 Å². The fourth-order valence-electron chi connectivity index (χ4n) is 4.77. The molecule has 3 aliphatic carbocycles. The highest BCUT2D eigenvalue weighted by Gasteiger charge is 2.70. The van der Waals surface area contributed by atoms with E-state index in [4.69, 9.17) is 4.74 Å². The van der Waals surface area contributed by atoms with E-state index in [9.17, 15) is 14.7 Å². The van der Waals surface area contributed by atoms with Gasteiger partial charge in [-0.25, -0.2) is 4.68 Å². The Morgan fingerprint density at radius 2 is 2.03 bits per heavy atom. The Kier molecular flexibility index (Phi) is 4.73. The number of nitrogens with one attached hydrogen (secondary N) is 2. The van der Waals surface area contributed by atoms with E-state index in [0.717, 1.165) is 36.3 Å². The lowest BCUT2D eigenvalue weighted by atomic mass is 9.38. The molecule has 166 valence electrons. The van der Waals surface area contributed by atoms with E-state index in [2.05, 4.69) is 25.6 Å². The molecule has 32 heavy (non-hydrogen) atoms. The lowest BCUT2D eigenvalue weighted by Gasteiger charge is -2.69. The van der Waals surface area contributed by atoms with Crippen molar-refractivity contribution >= 4 is 17.7 Å². The molecule has 3 saturated carbocycles. The van der Waals surface area contributed by atoms with Crippen molar-refractivity contribution in [3.8, 4) is 11.6 Å². The van der Waals surface area contributed by atoms with Crippen molar-refractivity contribution in [2.75, 3.05) is 13.4 Å². The van der Waals surface area contributed by atoms with Gasteiger partial charge in [0.15, 0.2) is 10.7 Å². The quantitative estimate of drug-likeness (QED) is 0.361. The number of H-pyrrole nitrogens is 1. The first kappa shape index (κ1) is 20.6. The van der Waals surface area contributed by atoms with E-state index in [1.54, 1.807) is 18.0 Å². The number of aromatic amines is 1. The number of methoxy groups -OCH3 is 1. The molecule has 6 rings (SSSR count). The average Bonchev–Trinajstić information content (AvgIpc) is 3.17. The minimum absolute atomic E-state index is 0.0964. The minimum atomic E-state index is -0.651. The third-order valence-corrected chi connectivity index (χ3v) is 6.87. The van der Waals surface area contributed by atoms with Gasteiger partial charge in [-0.2, -0.15) is 4.98 Å². The molecule has 0 unspecified atom stereocenters. The molecule has 3 aliphatic rings. The second-order valence-corrected chi connectivity index (χ2v) is 9.26. The SMILES string of the molecule is COc1ccc(Cn2cc(C34CC(NC(=O)c5c(O)nc(SC)[nH]c5=O)(C3)C4)nn2)cc1. The topological polar surface area (TPSA) is 135 Å². The Balaban J connectivity index is 1.23. The maximum Gasteiger partial charge on any atom is 0.268 e. The first-order valence-corrected chi connectivity index (χ1v) is 11.3. The molecule has 2 aromatic heterocycles. The van der Waals surface area contributed by atoms with Crippen LogP contribution in [0.5, 0.6) is 11.6 Å². The van der Waals surface area contributed by atoms with Crippen molar-refractivity contribution in [3.05, 3.63) is 57.6 Å². The van der Waals surface area contributed by atoms with Crippen LogP contribution in [0.25, 0.3) is 0 Å². The van der Waals surface area contributed by atoms with Crippen molar-refractivity contribution < 1.29 is 14.6 Å². The summed E-state index contributed by atoms with van der Waals surface area (Å²) in [5.41, 5.74) is 0.520. The maximum atomic E-state index is 12.6. The van der Waals surface area contributed by atoms with E-state index >= 15 is 0 Å². The first-order valence-electron chi connectivity index (χ1n) is 10.1. The van der Waals surface area contributed by atoms with Crippen molar-refractivity contribution in [1.29, 1.82) is 0 Å². The van der Waals surface area contributed by atoms with Crippen molar-refractivity contribution in [2.24, 2.45) is 0 Å². The zero-order valence-corrected chi connectivity index (χ0v) is 18.4. The number of carbonyl (C=O) groups excluding carboxylic acids is 1. The molecule has 1 aromatic carbocycles. The third kappa shape index (κ3) is 3.32. The Morgan fingerprint density at radius 1 is 1.31 bits per heavy atom. The van der Waals surface area contributed by atoms with Crippen LogP contribution >= 0.6 is 11.8 Å². The summed E-state index contributed by atoms with van der Waals surface area (Å²) < 4.78 is 6.99. The molecule has 10 nitrogen and oxygen atoms in total. The van der Waals surface area contributed by atoms with Gasteiger partial charge in [-0.05, 0) is 43.2 Å². The van der Waals surface area contributed by atoms with Gasteiger partial charge in [-0.3, -0.25) is 9.59 Å². The number of hydrogen-bond acceptors (Lipinski definition) is 8. The molecule has 2 heterocycles. The third-order valence-electron chi connectivity index (χ3n) is 6.29. The zero-order chi connectivity index (χ0) is 22.5. The minimum Gasteiger partial charge on any atom is -0.497 e. The molecule has 0 spiro atoms. The smallest absolute Gasteiger partial charge is 0.268 e. The standard InChI is InChI=1S/C21H22N6O4S/c1-31-13-5-3-12(4-6-13)7-27-8-14(25-26-27)20-9-21(10-20,11-20)24-18(30)15-16(28)22-19(32-2)23-17(15)29/h3-6,8H,7,9-11H2,1-2H3,(H,24,30)(H2,22,23,28,29). The maximum absolute atomic E-state index is 12.6. The van der Waals surface area contributed by atoms with Crippen LogP contribution in [0.1, 0.15) is 40.9 Å². The van der Waals surface area contributed by atoms with Gasteiger partial charge in [0.2, 0.25) is 5.88 Å². The molecule has 3 aromatic rings. The van der Waals surface area contributed by atoms with Gasteiger partial charge >= 0.3 is 0 Å². The van der Waals surface area contributed by atoms with Crippen molar-refractivity contribution in [1.82, 2.24) is 30.3 Å². The number of thioether (sulfide) groups is 1. The van der Waals surface area contributed by atoms with E-state index in [0.29, 0.717) is 6.54 Å². The van der Waals surface area contributed by atoms with Crippen LogP contribution < -0.4 is 15.6 Å². The molecule has 0 aliphatic heterocycles. The van der Waals surface area contributed by atoms with Gasteiger partial charge in [0.1, 0.15) is 5.75 Å². The fraction of sp³-hybridized carbons (Fsp3) is 0.381. The summed E-state index contributed by atoms with van der Waals surface area (Å²) in [6.45, 7) is 0.607. The summed E-state index contributed by atoms with van der Waals surface area (Å²) >= 11 is 1.18. The van der Waals surface area contributed by atoms with Crippen LogP contribution in [0, 0.1) is 0 Å². The normalized spacial score (nSPS) is 23.2. The van der Waals surface area contributed by atoms with Crippen LogP contribution in [-0.2, 0) is 12.0 Å². The summed E-state index contributed by atoms with van der Waals surface area (Å²) in [5, 5.41) is 21.8. The summed E-state index contributed by atoms with van der Waals surface area (Å²) in [6, 6.07) is 7.80. The van der Waals surface area contributed by atoms with E-state index < -0.39 is 17.3 Å². The van der Waals surface area contributed by atoms with Crippen molar-refractivity contribution in [2.45, 2.75) is 41.9 Å². The molecule has 0 radical (unpaired) electrons. The van der Waals surface area contributed by atoms with Crippen LogP contribution in [0.2, 0.25) is 0 Å². The highest BCUT2D eigenvalue weighted by molar-refractivity contribution is 7.98. The lowest BCUT2D eigenvalue weighted by molar-refractivity contribution is -0.0836. The van der Waals surface area contributed by atoms with Crippen molar-refractivity contribution in [3.63, 3.8) is 0 Å². The molecule has 3 N–H and O–H groups in total. The Morgan fingerprint density at radius 3 is 2.66 bits per heavy atom. The van der Waals surface area contributed by atoms with Gasteiger partial charge in [-0.15, -0.1) is 5.10 Å². The molecule has 0 saturated heterocycles. The fourth-order valence-corrected chi connectivity index (χ4v) is 5.15. The molecule has 11 heteroatoms. The Bertz CT molecular complexity index is 1230. The van der Waals surface area contributed by atoms with Crippen LogP contribution in [0.4, 0.5) is 0 Å². The first-order chi connectivity index (χ1) is 15.4. The number of benzene rings is 1. The zero-order valence-electron chi connectivity index (χ0n) is 17.6. The number of aromatic nitrogens is 5. The van der Waals surface area contributed by atoms with Crippen LogP contribution in [-0.4, -0.2) is 54.9 Å². The summed E-state index contributed by atoms with van der Waals surface area (Å²) in [4.78, 5) is 31.1. The molecule has 2 bridgehead atoms. The number of ether oxygens (including phenoxy) is 1. The number of hydrogen-bond donors (Lipinski definition) is 3. The average molecular weight is 455 g/mol.